The number of hydrogen-bond acceptors (Lipinski definition) is 4. The third-order valence-electron chi connectivity index (χ3n) is 1.92. The summed E-state index contributed by atoms with van der Waals surface area (Å²) in [5.74, 6) is 1.37. The number of allylic oxidation sites excluding steroid dienone is 1. The van der Waals surface area contributed by atoms with Crippen LogP contribution in [-0.2, 0) is 6.42 Å². The van der Waals surface area contributed by atoms with Crippen molar-refractivity contribution in [2.45, 2.75) is 6.42 Å². The van der Waals surface area contributed by atoms with Crippen LogP contribution in [0.3, 0.4) is 0 Å². The van der Waals surface area contributed by atoms with E-state index in [0.29, 0.717) is 12.2 Å². The molecule has 16 heavy (non-hydrogen) atoms. The Hall–Kier alpha value is -1.54. The fourth-order valence-corrected chi connectivity index (χ4v) is 1.84. The second-order valence-electron chi connectivity index (χ2n) is 3.14. The first-order chi connectivity index (χ1) is 7.79. The molecule has 80 valence electrons. The van der Waals surface area contributed by atoms with Crippen molar-refractivity contribution in [1.29, 1.82) is 0 Å². The standard InChI is InChI=1S/C11H11AsN4/c1-2-5-9-14-10(16-11(12)15-9)8-6-3-4-7-13-8/h2-4,6-7H,1,5,12H2. The van der Waals surface area contributed by atoms with Crippen LogP contribution in [0.15, 0.2) is 37.1 Å². The van der Waals surface area contributed by atoms with Crippen molar-refractivity contribution in [1.82, 2.24) is 19.9 Å². The van der Waals surface area contributed by atoms with Gasteiger partial charge >= 0.3 is 102 Å². The van der Waals surface area contributed by atoms with E-state index in [2.05, 4.69) is 26.5 Å². The second kappa shape index (κ2) is 4.99. The minimum atomic E-state index is 0.631. The molecule has 0 radical (unpaired) electrons. The van der Waals surface area contributed by atoms with E-state index in [1.54, 1.807) is 12.3 Å². The molecular formula is C11H11AsN4. The molecule has 0 aliphatic rings. The molecule has 2 aromatic rings. The van der Waals surface area contributed by atoms with E-state index in [1.165, 1.54) is 16.9 Å². The van der Waals surface area contributed by atoms with Crippen molar-refractivity contribution in [3.8, 4) is 11.5 Å². The fourth-order valence-electron chi connectivity index (χ4n) is 1.27. The Morgan fingerprint density at radius 3 is 2.81 bits per heavy atom. The van der Waals surface area contributed by atoms with Crippen molar-refractivity contribution < 1.29 is 0 Å². The molecule has 0 amide bonds. The van der Waals surface area contributed by atoms with Crippen LogP contribution in [0.4, 0.5) is 0 Å². The Morgan fingerprint density at radius 2 is 2.12 bits per heavy atom. The van der Waals surface area contributed by atoms with Gasteiger partial charge in [0.25, 0.3) is 0 Å². The number of hydrogen-bond donors (Lipinski definition) is 0. The second-order valence-corrected chi connectivity index (χ2v) is 4.22. The zero-order valence-corrected chi connectivity index (χ0v) is 11.1. The molecular weight excluding hydrogens is 263 g/mol. The van der Waals surface area contributed by atoms with Crippen LogP contribution in [0.5, 0.6) is 0 Å². The normalized spacial score (nSPS) is 10.1. The van der Waals surface area contributed by atoms with Gasteiger partial charge in [-0.15, -0.1) is 0 Å². The summed E-state index contributed by atoms with van der Waals surface area (Å²) in [5, 5.41) is 0. The van der Waals surface area contributed by atoms with Gasteiger partial charge in [0.15, 0.2) is 0 Å². The Bertz CT molecular complexity index is 499. The third-order valence-corrected chi connectivity index (χ3v) is 2.46. The van der Waals surface area contributed by atoms with Crippen molar-refractivity contribution in [2.24, 2.45) is 0 Å². The van der Waals surface area contributed by atoms with Crippen LogP contribution in [0, 0.1) is 0 Å². The molecule has 0 aliphatic heterocycles. The van der Waals surface area contributed by atoms with Crippen molar-refractivity contribution >= 4 is 21.5 Å². The predicted molar refractivity (Wildman–Crippen MR) is 65.1 cm³/mol. The minimum absolute atomic E-state index is 0.631. The van der Waals surface area contributed by atoms with Gasteiger partial charge in [0.05, 0.1) is 0 Å². The van der Waals surface area contributed by atoms with E-state index in [9.17, 15) is 0 Å². The number of aromatic nitrogens is 4. The van der Waals surface area contributed by atoms with E-state index in [-0.39, 0.29) is 0 Å². The summed E-state index contributed by atoms with van der Waals surface area (Å²) in [4.78, 5) is 17.1. The molecule has 0 fully saturated rings. The van der Waals surface area contributed by atoms with Gasteiger partial charge in [-0.3, -0.25) is 0 Å². The first-order valence-electron chi connectivity index (χ1n) is 4.82. The summed E-state index contributed by atoms with van der Waals surface area (Å²) in [5.41, 5.74) is 0.772. The van der Waals surface area contributed by atoms with Crippen LogP contribution in [-0.4, -0.2) is 36.8 Å². The summed E-state index contributed by atoms with van der Waals surface area (Å²) < 4.78 is 0.764. The van der Waals surface area contributed by atoms with E-state index in [0.717, 1.165) is 16.1 Å². The zero-order valence-electron chi connectivity index (χ0n) is 8.67. The molecule has 2 heterocycles. The molecule has 0 aromatic carbocycles. The van der Waals surface area contributed by atoms with Gasteiger partial charge < -0.3 is 0 Å². The molecule has 0 saturated carbocycles. The van der Waals surface area contributed by atoms with E-state index >= 15 is 0 Å². The van der Waals surface area contributed by atoms with Gasteiger partial charge in [0, 0.05) is 0 Å². The predicted octanol–water partition coefficient (Wildman–Crippen LogP) is -0.0795. The van der Waals surface area contributed by atoms with Gasteiger partial charge in [-0.05, 0) is 0 Å². The molecule has 0 bridgehead atoms. The van der Waals surface area contributed by atoms with Gasteiger partial charge in [-0.2, -0.15) is 0 Å². The Labute approximate surface area is 102 Å². The van der Waals surface area contributed by atoms with Crippen LogP contribution in [0.2, 0.25) is 0 Å². The van der Waals surface area contributed by atoms with Crippen LogP contribution in [0.1, 0.15) is 5.82 Å². The van der Waals surface area contributed by atoms with Crippen molar-refractivity contribution in [2.75, 3.05) is 0 Å². The summed E-state index contributed by atoms with van der Waals surface area (Å²) >= 11 is 1.38. The Morgan fingerprint density at radius 1 is 1.25 bits per heavy atom. The summed E-state index contributed by atoms with van der Waals surface area (Å²) in [6, 6.07) is 5.67. The van der Waals surface area contributed by atoms with Crippen LogP contribution < -0.4 is 4.61 Å². The molecule has 4 nitrogen and oxygen atoms in total. The Kier molecular flexibility index (Phi) is 3.42. The monoisotopic (exact) mass is 274 g/mol. The van der Waals surface area contributed by atoms with Gasteiger partial charge in [0.2, 0.25) is 0 Å². The maximum atomic E-state index is 4.35. The Balaban J connectivity index is 2.45. The molecule has 1 unspecified atom stereocenters. The molecule has 0 spiro atoms. The first kappa shape index (κ1) is 11.0. The molecule has 1 atom stereocenters. The molecule has 0 aliphatic carbocycles. The number of nitrogens with zero attached hydrogens (tertiary/aromatic N) is 4. The SMILES string of the molecule is C=CCc1nc([AsH2])nc(-c2ccccn2)n1. The third kappa shape index (κ3) is 2.52. The van der Waals surface area contributed by atoms with Crippen molar-refractivity contribution in [3.05, 3.63) is 42.9 Å². The summed E-state index contributed by atoms with van der Waals surface area (Å²) in [6.45, 7) is 3.68. The van der Waals surface area contributed by atoms with E-state index in [4.69, 9.17) is 0 Å². The average molecular weight is 274 g/mol. The van der Waals surface area contributed by atoms with Gasteiger partial charge in [-0.25, -0.2) is 0 Å². The molecule has 2 rings (SSSR count). The summed E-state index contributed by atoms with van der Waals surface area (Å²) in [7, 11) is 0. The van der Waals surface area contributed by atoms with Gasteiger partial charge in [-0.1, -0.05) is 0 Å². The van der Waals surface area contributed by atoms with E-state index < -0.39 is 0 Å². The topological polar surface area (TPSA) is 51.6 Å². The van der Waals surface area contributed by atoms with Crippen LogP contribution >= 0.6 is 0 Å². The molecule has 0 saturated heterocycles. The maximum absolute atomic E-state index is 4.35. The summed E-state index contributed by atoms with van der Waals surface area (Å²) in [6.07, 6.45) is 4.16. The van der Waals surface area contributed by atoms with Gasteiger partial charge in [0.1, 0.15) is 0 Å². The molecule has 2 aromatic heterocycles. The van der Waals surface area contributed by atoms with E-state index in [1.807, 2.05) is 18.2 Å². The van der Waals surface area contributed by atoms with Crippen LogP contribution in [0.25, 0.3) is 11.5 Å². The number of pyridine rings is 1. The first-order valence-corrected chi connectivity index (χ1v) is 6.03. The molecule has 0 N–H and O–H groups in total. The van der Waals surface area contributed by atoms with Crippen molar-refractivity contribution in [3.63, 3.8) is 0 Å². The quantitative estimate of drug-likeness (QED) is 0.580. The molecule has 5 heteroatoms. The fraction of sp³-hybridized carbons (Fsp3) is 0.0909. The zero-order chi connectivity index (χ0) is 11.4. The average Bonchev–Trinajstić information content (AvgIpc) is 2.30. The number of rotatable bonds is 3.